The second kappa shape index (κ2) is 10.7. The molecule has 3 fully saturated rings. The third-order valence-electron chi connectivity index (χ3n) is 6.87. The molecule has 5 amide bonds. The summed E-state index contributed by atoms with van der Waals surface area (Å²) < 4.78 is 0. The zero-order chi connectivity index (χ0) is 26.1. The maximum absolute atomic E-state index is 13.6. The fourth-order valence-corrected chi connectivity index (χ4v) is 5.15. The van der Waals surface area contributed by atoms with Crippen molar-refractivity contribution in [3.8, 4) is 0 Å². The van der Waals surface area contributed by atoms with Gasteiger partial charge in [-0.3, -0.25) is 19.3 Å². The van der Waals surface area contributed by atoms with Crippen molar-refractivity contribution in [2.75, 3.05) is 19.6 Å². The molecule has 0 radical (unpaired) electrons. The molecule has 2 saturated heterocycles. The van der Waals surface area contributed by atoms with E-state index in [0.717, 1.165) is 6.42 Å². The van der Waals surface area contributed by atoms with Crippen LogP contribution < -0.4 is 16.1 Å². The third kappa shape index (κ3) is 6.45. The minimum atomic E-state index is -0.644. The van der Waals surface area contributed by atoms with E-state index in [1.807, 2.05) is 34.6 Å². The molecule has 4 atom stereocenters. The van der Waals surface area contributed by atoms with Gasteiger partial charge in [0.2, 0.25) is 17.7 Å². The normalized spacial score (nSPS) is 26.8. The molecule has 3 N–H and O–H groups in total. The van der Waals surface area contributed by atoms with E-state index in [9.17, 15) is 19.2 Å². The highest BCUT2D eigenvalue weighted by Gasteiger charge is 2.56. The first-order valence-corrected chi connectivity index (χ1v) is 13.0. The summed E-state index contributed by atoms with van der Waals surface area (Å²) in [4.78, 5) is 56.0. The number of hydrogen-bond acceptors (Lipinski definition) is 5. The molecule has 3 rings (SSSR count). The van der Waals surface area contributed by atoms with Crippen LogP contribution in [0.3, 0.4) is 0 Å². The van der Waals surface area contributed by atoms with Crippen molar-refractivity contribution in [2.24, 2.45) is 23.7 Å². The zero-order valence-corrected chi connectivity index (χ0v) is 22.4. The molecule has 0 aromatic heterocycles. The summed E-state index contributed by atoms with van der Waals surface area (Å²) in [5.41, 5.74) is 2.71. The number of urea groups is 1. The molecule has 2 aliphatic heterocycles. The van der Waals surface area contributed by atoms with E-state index < -0.39 is 11.8 Å². The average molecular weight is 493 g/mol. The van der Waals surface area contributed by atoms with Crippen molar-refractivity contribution in [3.05, 3.63) is 0 Å². The fourth-order valence-electron chi connectivity index (χ4n) is 5.15. The number of carbonyl (C=O) groups excluding carboxylic acids is 4. The summed E-state index contributed by atoms with van der Waals surface area (Å²) in [5.74, 6) is -0.0749. The molecule has 10 heteroatoms. The van der Waals surface area contributed by atoms with Crippen LogP contribution in [0.25, 0.3) is 0 Å². The number of nitrogens with zero attached hydrogens (tertiary/aromatic N) is 3. The van der Waals surface area contributed by atoms with E-state index in [1.54, 1.807) is 9.80 Å². The second-order valence-corrected chi connectivity index (χ2v) is 12.1. The number of hydrazine groups is 1. The Bertz CT molecular complexity index is 823. The Balaban J connectivity index is 1.81. The molecule has 3 aliphatic rings. The molecule has 0 spiro atoms. The van der Waals surface area contributed by atoms with E-state index in [0.29, 0.717) is 44.2 Å². The minimum Gasteiger partial charge on any atom is -0.356 e. The Kier molecular flexibility index (Phi) is 8.34. The lowest BCUT2D eigenvalue weighted by molar-refractivity contribution is -0.159. The Hall–Kier alpha value is -2.36. The van der Waals surface area contributed by atoms with E-state index >= 15 is 0 Å². The van der Waals surface area contributed by atoms with Gasteiger partial charge in [-0.05, 0) is 58.3 Å². The van der Waals surface area contributed by atoms with Crippen LogP contribution in [-0.4, -0.2) is 76.1 Å². The maximum Gasteiger partial charge on any atom is 0.337 e. The molecular formula is C25H44N6O4. The Morgan fingerprint density at radius 1 is 1.09 bits per heavy atom. The summed E-state index contributed by atoms with van der Waals surface area (Å²) in [6.45, 7) is 14.9. The molecule has 1 saturated carbocycles. The van der Waals surface area contributed by atoms with Gasteiger partial charge in [-0.1, -0.05) is 27.7 Å². The second-order valence-electron chi connectivity index (χ2n) is 12.1. The smallest absolute Gasteiger partial charge is 0.337 e. The number of amides is 5. The quantitative estimate of drug-likeness (QED) is 0.479. The van der Waals surface area contributed by atoms with Crippen LogP contribution >= 0.6 is 0 Å². The van der Waals surface area contributed by atoms with Gasteiger partial charge in [0.1, 0.15) is 6.54 Å². The van der Waals surface area contributed by atoms with Gasteiger partial charge in [0.25, 0.3) is 0 Å². The highest BCUT2D eigenvalue weighted by atomic mass is 16.2. The number of rotatable bonds is 8. The van der Waals surface area contributed by atoms with Crippen molar-refractivity contribution >= 4 is 23.8 Å². The zero-order valence-electron chi connectivity index (χ0n) is 22.4. The predicted molar refractivity (Wildman–Crippen MR) is 132 cm³/mol. The van der Waals surface area contributed by atoms with E-state index in [-0.39, 0.29) is 48.2 Å². The molecular weight excluding hydrogens is 448 g/mol. The molecule has 35 heavy (non-hydrogen) atoms. The Labute approximate surface area is 209 Å². The van der Waals surface area contributed by atoms with Gasteiger partial charge >= 0.3 is 6.03 Å². The third-order valence-corrected chi connectivity index (χ3v) is 6.87. The van der Waals surface area contributed by atoms with Gasteiger partial charge in [0.05, 0.1) is 5.92 Å². The summed E-state index contributed by atoms with van der Waals surface area (Å²) in [6.07, 6.45) is 1.82. The largest absolute Gasteiger partial charge is 0.356 e. The summed E-state index contributed by atoms with van der Waals surface area (Å²) in [6, 6.07) is -0.693. The number of hydrogen-bond donors (Lipinski definition) is 3. The Morgan fingerprint density at radius 3 is 2.37 bits per heavy atom. The monoisotopic (exact) mass is 492 g/mol. The Morgan fingerprint density at radius 2 is 1.77 bits per heavy atom. The van der Waals surface area contributed by atoms with Crippen LogP contribution in [0, 0.1) is 23.7 Å². The SMILES string of the molecule is CC(C)CCN1C(=O)C2CCC(C(=O)NCC(C)C)CC2N2C(=O)N(CC(=O)NC(C)(C)C)NC12. The van der Waals surface area contributed by atoms with Gasteiger partial charge in [-0.15, -0.1) is 0 Å². The van der Waals surface area contributed by atoms with Crippen molar-refractivity contribution in [3.63, 3.8) is 0 Å². The van der Waals surface area contributed by atoms with Crippen molar-refractivity contribution in [1.29, 1.82) is 0 Å². The summed E-state index contributed by atoms with van der Waals surface area (Å²) in [5, 5.41) is 7.21. The molecule has 10 nitrogen and oxygen atoms in total. The van der Waals surface area contributed by atoms with Crippen molar-refractivity contribution in [2.45, 2.75) is 92.0 Å². The van der Waals surface area contributed by atoms with Gasteiger partial charge in [0.15, 0.2) is 6.29 Å². The molecule has 1 aliphatic carbocycles. The number of carbonyl (C=O) groups is 4. The van der Waals surface area contributed by atoms with Crippen LogP contribution in [0.15, 0.2) is 0 Å². The molecule has 0 bridgehead atoms. The highest BCUT2D eigenvalue weighted by Crippen LogP contribution is 2.40. The van der Waals surface area contributed by atoms with Crippen molar-refractivity contribution in [1.82, 2.24) is 30.9 Å². The first-order valence-electron chi connectivity index (χ1n) is 13.0. The topological polar surface area (TPSA) is 114 Å². The molecule has 2 heterocycles. The van der Waals surface area contributed by atoms with Gasteiger partial charge in [-0.25, -0.2) is 9.80 Å². The lowest BCUT2D eigenvalue weighted by Crippen LogP contribution is -2.67. The first kappa shape index (κ1) is 27.2. The fraction of sp³-hybridized carbons (Fsp3) is 0.840. The van der Waals surface area contributed by atoms with Gasteiger partial charge in [-0.2, -0.15) is 5.43 Å². The lowest BCUT2D eigenvalue weighted by atomic mass is 9.75. The summed E-state index contributed by atoms with van der Waals surface area (Å²) in [7, 11) is 0. The molecule has 4 unspecified atom stereocenters. The molecule has 0 aromatic rings. The standard InChI is InChI=1S/C25H44N6O4/c1-15(2)10-11-29-22(34)18-9-8-17(21(33)26-13-16(3)4)12-19(18)31-23(29)28-30(24(31)35)14-20(32)27-25(5,6)7/h15-19,23,28H,8-14H2,1-7H3,(H,26,33)(H,27,32). The van der Waals surface area contributed by atoms with Crippen LogP contribution in [0.2, 0.25) is 0 Å². The van der Waals surface area contributed by atoms with Gasteiger partial charge < -0.3 is 15.5 Å². The van der Waals surface area contributed by atoms with E-state index in [1.165, 1.54) is 5.01 Å². The van der Waals surface area contributed by atoms with Crippen molar-refractivity contribution < 1.29 is 19.2 Å². The number of fused-ring (bicyclic) bond motifs is 3. The molecule has 0 aromatic carbocycles. The minimum absolute atomic E-state index is 0.00981. The van der Waals surface area contributed by atoms with Gasteiger partial charge in [0, 0.05) is 30.6 Å². The molecule has 198 valence electrons. The van der Waals surface area contributed by atoms with Crippen LogP contribution in [0.5, 0.6) is 0 Å². The van der Waals surface area contributed by atoms with Crippen LogP contribution in [0.4, 0.5) is 4.79 Å². The summed E-state index contributed by atoms with van der Waals surface area (Å²) >= 11 is 0. The average Bonchev–Trinajstić information content (AvgIpc) is 3.05. The highest BCUT2D eigenvalue weighted by molar-refractivity contribution is 5.89. The van der Waals surface area contributed by atoms with Crippen LogP contribution in [-0.2, 0) is 14.4 Å². The van der Waals surface area contributed by atoms with E-state index in [4.69, 9.17) is 0 Å². The van der Waals surface area contributed by atoms with Crippen LogP contribution in [0.1, 0.15) is 74.1 Å². The maximum atomic E-state index is 13.6. The first-order chi connectivity index (χ1) is 16.3. The number of nitrogens with one attached hydrogen (secondary N) is 3. The lowest BCUT2D eigenvalue weighted by Gasteiger charge is -2.50. The predicted octanol–water partition coefficient (Wildman–Crippen LogP) is 1.87. The van der Waals surface area contributed by atoms with E-state index in [2.05, 4.69) is 29.9 Å².